The molecule has 0 radical (unpaired) electrons. The van der Waals surface area contributed by atoms with Crippen molar-refractivity contribution in [3.05, 3.63) is 35.4 Å². The van der Waals surface area contributed by atoms with E-state index in [0.29, 0.717) is 12.0 Å². The molecular weight excluding hydrogens is 282 g/mol. The maximum Gasteiger partial charge on any atom is 0.314 e. The van der Waals surface area contributed by atoms with E-state index in [1.54, 1.807) is 6.92 Å². The predicted octanol–water partition coefficient (Wildman–Crippen LogP) is 1.92. The minimum atomic E-state index is -0.919. The van der Waals surface area contributed by atoms with Crippen LogP contribution in [0.4, 0.5) is 13.6 Å². The van der Waals surface area contributed by atoms with Crippen molar-refractivity contribution in [1.82, 2.24) is 10.6 Å². The van der Waals surface area contributed by atoms with Crippen molar-refractivity contribution in [2.24, 2.45) is 5.92 Å². The summed E-state index contributed by atoms with van der Waals surface area (Å²) in [5, 5.41) is 13.6. The number of rotatable bonds is 7. The number of urea groups is 1. The molecule has 7 heteroatoms. The highest BCUT2D eigenvalue weighted by Crippen LogP contribution is 2.08. The Morgan fingerprint density at radius 1 is 1.19 bits per heavy atom. The number of halogens is 2. The maximum absolute atomic E-state index is 12.9. The molecule has 0 aromatic heterocycles. The fourth-order valence-corrected chi connectivity index (χ4v) is 1.78. The van der Waals surface area contributed by atoms with Crippen molar-refractivity contribution in [2.75, 3.05) is 13.1 Å². The lowest BCUT2D eigenvalue weighted by molar-refractivity contribution is -0.137. The van der Waals surface area contributed by atoms with Gasteiger partial charge in [0.05, 0.1) is 0 Å². The molecule has 2 amide bonds. The SMILES string of the molecule is CC(CNC(=O)NCCc1cc(F)cc(F)c1)CC(=O)O. The first kappa shape index (κ1) is 16.9. The van der Waals surface area contributed by atoms with Gasteiger partial charge in [-0.3, -0.25) is 4.79 Å². The smallest absolute Gasteiger partial charge is 0.314 e. The van der Waals surface area contributed by atoms with Crippen LogP contribution in [0.3, 0.4) is 0 Å². The van der Waals surface area contributed by atoms with Gasteiger partial charge >= 0.3 is 12.0 Å². The Morgan fingerprint density at radius 3 is 2.38 bits per heavy atom. The van der Waals surface area contributed by atoms with Gasteiger partial charge in [0.1, 0.15) is 11.6 Å². The maximum atomic E-state index is 12.9. The van der Waals surface area contributed by atoms with Gasteiger partial charge in [0.25, 0.3) is 0 Å². The summed E-state index contributed by atoms with van der Waals surface area (Å²) in [5.41, 5.74) is 0.451. The van der Waals surface area contributed by atoms with E-state index in [1.807, 2.05) is 0 Å². The molecule has 1 atom stereocenters. The summed E-state index contributed by atoms with van der Waals surface area (Å²) in [7, 11) is 0. The number of aliphatic carboxylic acids is 1. The van der Waals surface area contributed by atoms with Gasteiger partial charge < -0.3 is 15.7 Å². The highest BCUT2D eigenvalue weighted by molar-refractivity contribution is 5.74. The number of carbonyl (C=O) groups excluding carboxylic acids is 1. The van der Waals surface area contributed by atoms with Crippen molar-refractivity contribution in [3.63, 3.8) is 0 Å². The normalized spacial score (nSPS) is 11.8. The summed E-state index contributed by atoms with van der Waals surface area (Å²) < 4.78 is 25.9. The summed E-state index contributed by atoms with van der Waals surface area (Å²) in [6, 6.07) is 2.76. The molecule has 0 aliphatic rings. The number of hydrogen-bond donors (Lipinski definition) is 3. The molecule has 5 nitrogen and oxygen atoms in total. The van der Waals surface area contributed by atoms with Crippen LogP contribution in [0.2, 0.25) is 0 Å². The molecule has 1 aromatic rings. The zero-order chi connectivity index (χ0) is 15.8. The van der Waals surface area contributed by atoms with Crippen molar-refractivity contribution >= 4 is 12.0 Å². The molecule has 0 heterocycles. The fraction of sp³-hybridized carbons (Fsp3) is 0.429. The second kappa shape index (κ2) is 8.18. The molecule has 0 aliphatic carbocycles. The van der Waals surface area contributed by atoms with Gasteiger partial charge in [0, 0.05) is 25.6 Å². The third-order valence-corrected chi connectivity index (χ3v) is 2.76. The van der Waals surface area contributed by atoms with Gasteiger partial charge in [-0.1, -0.05) is 6.92 Å². The summed E-state index contributed by atoms with van der Waals surface area (Å²) >= 11 is 0. The van der Waals surface area contributed by atoms with Crippen LogP contribution in [-0.2, 0) is 11.2 Å². The van der Waals surface area contributed by atoms with E-state index in [9.17, 15) is 18.4 Å². The van der Waals surface area contributed by atoms with Crippen LogP contribution < -0.4 is 10.6 Å². The number of carboxylic acid groups (broad SMARTS) is 1. The number of nitrogens with one attached hydrogen (secondary N) is 2. The van der Waals surface area contributed by atoms with Crippen LogP contribution in [0.25, 0.3) is 0 Å². The predicted molar refractivity (Wildman–Crippen MR) is 72.9 cm³/mol. The lowest BCUT2D eigenvalue weighted by Gasteiger charge is -2.11. The van der Waals surface area contributed by atoms with Crippen LogP contribution in [0.15, 0.2) is 18.2 Å². The first-order valence-corrected chi connectivity index (χ1v) is 6.55. The molecule has 116 valence electrons. The Kier molecular flexibility index (Phi) is 6.58. The highest BCUT2D eigenvalue weighted by Gasteiger charge is 2.09. The first-order chi connectivity index (χ1) is 9.86. The fourth-order valence-electron chi connectivity index (χ4n) is 1.78. The summed E-state index contributed by atoms with van der Waals surface area (Å²) in [6.07, 6.45) is 0.273. The molecule has 0 fully saturated rings. The first-order valence-electron chi connectivity index (χ1n) is 6.55. The second-order valence-corrected chi connectivity index (χ2v) is 4.87. The molecule has 3 N–H and O–H groups in total. The van der Waals surface area contributed by atoms with E-state index in [4.69, 9.17) is 5.11 Å². The molecule has 0 spiro atoms. The third-order valence-electron chi connectivity index (χ3n) is 2.76. The second-order valence-electron chi connectivity index (χ2n) is 4.87. The van der Waals surface area contributed by atoms with Crippen molar-refractivity contribution in [1.29, 1.82) is 0 Å². The van der Waals surface area contributed by atoms with Crippen LogP contribution >= 0.6 is 0 Å². The van der Waals surface area contributed by atoms with E-state index >= 15 is 0 Å². The Balaban J connectivity index is 2.25. The van der Waals surface area contributed by atoms with Gasteiger partial charge in [0.2, 0.25) is 0 Å². The summed E-state index contributed by atoms with van der Waals surface area (Å²) in [5.74, 6) is -2.41. The number of benzene rings is 1. The lowest BCUT2D eigenvalue weighted by atomic mass is 10.1. The summed E-state index contributed by atoms with van der Waals surface area (Å²) in [6.45, 7) is 2.18. The van der Waals surface area contributed by atoms with Crippen molar-refractivity contribution in [3.8, 4) is 0 Å². The number of carboxylic acids is 1. The van der Waals surface area contributed by atoms with Crippen LogP contribution in [0.1, 0.15) is 18.9 Å². The molecule has 0 saturated heterocycles. The van der Waals surface area contributed by atoms with Crippen molar-refractivity contribution in [2.45, 2.75) is 19.8 Å². The minimum absolute atomic E-state index is 0.0250. The Labute approximate surface area is 121 Å². The number of carbonyl (C=O) groups is 2. The average Bonchev–Trinajstić information content (AvgIpc) is 2.34. The topological polar surface area (TPSA) is 78.4 Å². The van der Waals surface area contributed by atoms with Gasteiger partial charge in [-0.15, -0.1) is 0 Å². The molecule has 1 aromatic carbocycles. The van der Waals surface area contributed by atoms with E-state index in [2.05, 4.69) is 10.6 Å². The van der Waals surface area contributed by atoms with Gasteiger partial charge in [-0.2, -0.15) is 0 Å². The number of amides is 2. The molecule has 0 saturated carbocycles. The Bertz CT molecular complexity index is 489. The molecule has 21 heavy (non-hydrogen) atoms. The van der Waals surface area contributed by atoms with Gasteiger partial charge in [-0.05, 0) is 30.0 Å². The van der Waals surface area contributed by atoms with Gasteiger partial charge in [-0.25, -0.2) is 13.6 Å². The molecule has 0 bridgehead atoms. The molecular formula is C14H18F2N2O3. The average molecular weight is 300 g/mol. The quantitative estimate of drug-likeness (QED) is 0.720. The molecule has 1 rings (SSSR count). The summed E-state index contributed by atoms with van der Waals surface area (Å²) in [4.78, 5) is 21.9. The van der Waals surface area contributed by atoms with Crippen molar-refractivity contribution < 1.29 is 23.5 Å². The monoisotopic (exact) mass is 300 g/mol. The van der Waals surface area contributed by atoms with E-state index in [1.165, 1.54) is 12.1 Å². The van der Waals surface area contributed by atoms with E-state index in [0.717, 1.165) is 6.07 Å². The minimum Gasteiger partial charge on any atom is -0.481 e. The van der Waals surface area contributed by atoms with Gasteiger partial charge in [0.15, 0.2) is 0 Å². The Hall–Kier alpha value is -2.18. The number of hydrogen-bond acceptors (Lipinski definition) is 2. The van der Waals surface area contributed by atoms with Crippen LogP contribution in [0, 0.1) is 17.6 Å². The largest absolute Gasteiger partial charge is 0.481 e. The zero-order valence-electron chi connectivity index (χ0n) is 11.7. The third kappa shape index (κ3) is 7.24. The molecule has 1 unspecified atom stereocenters. The van der Waals surface area contributed by atoms with E-state index < -0.39 is 23.6 Å². The van der Waals surface area contributed by atoms with Crippen LogP contribution in [0.5, 0.6) is 0 Å². The molecule has 0 aliphatic heterocycles. The zero-order valence-corrected chi connectivity index (χ0v) is 11.7. The van der Waals surface area contributed by atoms with Crippen LogP contribution in [-0.4, -0.2) is 30.2 Å². The lowest BCUT2D eigenvalue weighted by Crippen LogP contribution is -2.39. The standard InChI is InChI=1S/C14H18F2N2O3/c1-9(4-13(19)20)8-18-14(21)17-3-2-10-5-11(15)7-12(16)6-10/h5-7,9H,2-4,8H2,1H3,(H,19,20)(H2,17,18,21). The highest BCUT2D eigenvalue weighted by atomic mass is 19.1. The Morgan fingerprint density at radius 2 is 1.81 bits per heavy atom. The van der Waals surface area contributed by atoms with E-state index in [-0.39, 0.29) is 25.4 Å².